The molecule has 4 rings (SSSR count). The standard InChI is InChI=1S/C18H32N4O/c1-3-19-18(20-10-13-6-5-9-21(13)4-2)22-11-14-15(12-22)17-8-7-16(14)23-17/h13-17H,3-12H2,1-2H3,(H,19,20). The van der Waals surface area contributed by atoms with Crippen molar-refractivity contribution in [3.8, 4) is 0 Å². The van der Waals surface area contributed by atoms with Crippen LogP contribution in [0.4, 0.5) is 0 Å². The van der Waals surface area contributed by atoms with Crippen LogP contribution in [0, 0.1) is 11.8 Å². The summed E-state index contributed by atoms with van der Waals surface area (Å²) in [6.07, 6.45) is 6.26. The van der Waals surface area contributed by atoms with Gasteiger partial charge in [-0.2, -0.15) is 0 Å². The van der Waals surface area contributed by atoms with Crippen molar-refractivity contribution in [2.75, 3.05) is 39.3 Å². The Bertz CT molecular complexity index is 436. The van der Waals surface area contributed by atoms with Crippen LogP contribution >= 0.6 is 0 Å². The van der Waals surface area contributed by atoms with Crippen molar-refractivity contribution >= 4 is 5.96 Å². The number of ether oxygens (including phenoxy) is 1. The third-order valence-corrected chi connectivity index (χ3v) is 6.44. The number of nitrogens with one attached hydrogen (secondary N) is 1. The summed E-state index contributed by atoms with van der Waals surface area (Å²) in [4.78, 5) is 10.1. The molecule has 0 aromatic carbocycles. The minimum Gasteiger partial charge on any atom is -0.374 e. The predicted octanol–water partition coefficient (Wildman–Crippen LogP) is 1.55. The first-order valence-electron chi connectivity index (χ1n) is 9.73. The minimum absolute atomic E-state index is 0.531. The van der Waals surface area contributed by atoms with E-state index < -0.39 is 0 Å². The Morgan fingerprint density at radius 1 is 1.13 bits per heavy atom. The molecule has 0 aliphatic carbocycles. The monoisotopic (exact) mass is 320 g/mol. The number of fused-ring (bicyclic) bond motifs is 5. The molecule has 4 saturated heterocycles. The van der Waals surface area contributed by atoms with Gasteiger partial charge in [0.05, 0.1) is 18.8 Å². The number of likely N-dealkylation sites (N-methyl/N-ethyl adjacent to an activating group) is 1. The Kier molecular flexibility index (Phi) is 4.50. The summed E-state index contributed by atoms with van der Waals surface area (Å²) in [5.41, 5.74) is 0. The van der Waals surface area contributed by atoms with Gasteiger partial charge in [-0.3, -0.25) is 9.89 Å². The first-order chi connectivity index (χ1) is 11.3. The molecule has 130 valence electrons. The Labute approximate surface area is 140 Å². The Balaban J connectivity index is 1.41. The van der Waals surface area contributed by atoms with E-state index >= 15 is 0 Å². The molecule has 5 nitrogen and oxygen atoms in total. The molecule has 23 heavy (non-hydrogen) atoms. The molecule has 0 saturated carbocycles. The summed E-state index contributed by atoms with van der Waals surface area (Å²) in [6, 6.07) is 0.648. The summed E-state index contributed by atoms with van der Waals surface area (Å²) in [5, 5.41) is 3.54. The Morgan fingerprint density at radius 2 is 1.87 bits per heavy atom. The normalized spacial score (nSPS) is 40.2. The van der Waals surface area contributed by atoms with Crippen LogP contribution in [0.15, 0.2) is 4.99 Å². The van der Waals surface area contributed by atoms with Crippen molar-refractivity contribution < 1.29 is 4.74 Å². The second kappa shape index (κ2) is 6.60. The van der Waals surface area contributed by atoms with Crippen LogP contribution in [0.5, 0.6) is 0 Å². The predicted molar refractivity (Wildman–Crippen MR) is 92.7 cm³/mol. The van der Waals surface area contributed by atoms with Crippen LogP contribution in [0.25, 0.3) is 0 Å². The number of nitrogens with zero attached hydrogens (tertiary/aromatic N) is 3. The lowest BCUT2D eigenvalue weighted by atomic mass is 9.82. The lowest BCUT2D eigenvalue weighted by molar-refractivity contribution is 0.0767. The van der Waals surface area contributed by atoms with Gasteiger partial charge in [0.15, 0.2) is 5.96 Å². The van der Waals surface area contributed by atoms with Gasteiger partial charge in [0.25, 0.3) is 0 Å². The number of guanidine groups is 1. The van der Waals surface area contributed by atoms with Crippen molar-refractivity contribution in [1.29, 1.82) is 0 Å². The van der Waals surface area contributed by atoms with Gasteiger partial charge >= 0.3 is 0 Å². The average molecular weight is 320 g/mol. The number of hydrogen-bond acceptors (Lipinski definition) is 3. The van der Waals surface area contributed by atoms with Crippen LogP contribution < -0.4 is 5.32 Å². The first kappa shape index (κ1) is 15.7. The Hall–Kier alpha value is -0.810. The summed E-state index contributed by atoms with van der Waals surface area (Å²) >= 11 is 0. The fourth-order valence-electron chi connectivity index (χ4n) is 5.27. The quantitative estimate of drug-likeness (QED) is 0.630. The molecule has 0 aromatic rings. The van der Waals surface area contributed by atoms with Crippen molar-refractivity contribution in [1.82, 2.24) is 15.1 Å². The van der Waals surface area contributed by atoms with Crippen molar-refractivity contribution in [2.24, 2.45) is 16.8 Å². The van der Waals surface area contributed by atoms with Gasteiger partial charge in [0, 0.05) is 37.5 Å². The number of hydrogen-bond donors (Lipinski definition) is 1. The zero-order valence-electron chi connectivity index (χ0n) is 14.7. The first-order valence-corrected chi connectivity index (χ1v) is 9.73. The molecule has 5 heteroatoms. The molecule has 0 amide bonds. The molecule has 5 unspecified atom stereocenters. The van der Waals surface area contributed by atoms with Crippen LogP contribution in [0.3, 0.4) is 0 Å². The molecule has 0 spiro atoms. The molecule has 4 aliphatic rings. The van der Waals surface area contributed by atoms with Gasteiger partial charge < -0.3 is 15.0 Å². The smallest absolute Gasteiger partial charge is 0.193 e. The van der Waals surface area contributed by atoms with E-state index in [-0.39, 0.29) is 0 Å². The van der Waals surface area contributed by atoms with E-state index in [0.29, 0.717) is 18.2 Å². The maximum absolute atomic E-state index is 6.10. The minimum atomic E-state index is 0.531. The summed E-state index contributed by atoms with van der Waals surface area (Å²) < 4.78 is 6.10. The summed E-state index contributed by atoms with van der Waals surface area (Å²) in [7, 11) is 0. The molecule has 4 fully saturated rings. The highest BCUT2D eigenvalue weighted by molar-refractivity contribution is 5.80. The maximum atomic E-state index is 6.10. The number of rotatable bonds is 4. The number of likely N-dealkylation sites (tertiary alicyclic amines) is 2. The molecule has 2 bridgehead atoms. The lowest BCUT2D eigenvalue weighted by Crippen LogP contribution is -2.42. The highest BCUT2D eigenvalue weighted by Gasteiger charge is 2.53. The molecule has 0 radical (unpaired) electrons. The zero-order valence-corrected chi connectivity index (χ0v) is 14.7. The van der Waals surface area contributed by atoms with Crippen LogP contribution in [0.1, 0.15) is 39.5 Å². The van der Waals surface area contributed by atoms with E-state index in [9.17, 15) is 0 Å². The second-order valence-electron chi connectivity index (χ2n) is 7.64. The number of aliphatic imine (C=N–C) groups is 1. The van der Waals surface area contributed by atoms with Gasteiger partial charge in [-0.25, -0.2) is 0 Å². The summed E-state index contributed by atoms with van der Waals surface area (Å²) in [5.74, 6) is 2.64. The maximum Gasteiger partial charge on any atom is 0.193 e. The van der Waals surface area contributed by atoms with E-state index in [2.05, 4.69) is 29.0 Å². The molecule has 0 aromatic heterocycles. The van der Waals surface area contributed by atoms with Crippen molar-refractivity contribution in [3.63, 3.8) is 0 Å². The van der Waals surface area contributed by atoms with Crippen LogP contribution in [0.2, 0.25) is 0 Å². The van der Waals surface area contributed by atoms with E-state index in [0.717, 1.165) is 50.5 Å². The van der Waals surface area contributed by atoms with E-state index in [4.69, 9.17) is 9.73 Å². The van der Waals surface area contributed by atoms with Crippen LogP contribution in [-0.2, 0) is 4.74 Å². The molecule has 4 heterocycles. The van der Waals surface area contributed by atoms with Gasteiger partial charge in [0.1, 0.15) is 0 Å². The highest BCUT2D eigenvalue weighted by Crippen LogP contribution is 2.47. The molecular weight excluding hydrogens is 288 g/mol. The lowest BCUT2D eigenvalue weighted by Gasteiger charge is -2.25. The molecule has 4 aliphatic heterocycles. The summed E-state index contributed by atoms with van der Waals surface area (Å²) in [6.45, 7) is 11.0. The molecule has 5 atom stereocenters. The topological polar surface area (TPSA) is 40.1 Å². The molecule has 1 N–H and O–H groups in total. The van der Waals surface area contributed by atoms with Gasteiger partial charge in [0.2, 0.25) is 0 Å². The SMILES string of the molecule is CCNC(=NCC1CCCN1CC)N1CC2C3CCC(O3)C2C1. The van der Waals surface area contributed by atoms with Crippen molar-refractivity contribution in [2.45, 2.75) is 57.8 Å². The van der Waals surface area contributed by atoms with Crippen molar-refractivity contribution in [3.05, 3.63) is 0 Å². The zero-order chi connectivity index (χ0) is 15.8. The third kappa shape index (κ3) is 2.86. The highest BCUT2D eigenvalue weighted by atomic mass is 16.5. The fourth-order valence-corrected chi connectivity index (χ4v) is 5.27. The third-order valence-electron chi connectivity index (χ3n) is 6.44. The van der Waals surface area contributed by atoms with Gasteiger partial charge in [-0.1, -0.05) is 6.92 Å². The molecular formula is C18H32N4O. The second-order valence-corrected chi connectivity index (χ2v) is 7.64. The van der Waals surface area contributed by atoms with E-state index in [1.54, 1.807) is 0 Å². The van der Waals surface area contributed by atoms with Gasteiger partial charge in [-0.05, 0) is 45.7 Å². The van der Waals surface area contributed by atoms with Gasteiger partial charge in [-0.15, -0.1) is 0 Å². The van der Waals surface area contributed by atoms with Crippen LogP contribution in [-0.4, -0.2) is 73.3 Å². The van der Waals surface area contributed by atoms with E-state index in [1.165, 1.54) is 32.2 Å². The fraction of sp³-hybridized carbons (Fsp3) is 0.944. The Morgan fingerprint density at radius 3 is 2.52 bits per heavy atom. The van der Waals surface area contributed by atoms with E-state index in [1.807, 2.05) is 0 Å². The average Bonchev–Trinajstić information content (AvgIpc) is 3.32. The largest absolute Gasteiger partial charge is 0.374 e.